The van der Waals surface area contributed by atoms with Crippen molar-refractivity contribution in [1.82, 2.24) is 5.32 Å². The van der Waals surface area contributed by atoms with Crippen LogP contribution in [0.15, 0.2) is 42.5 Å². The Hall–Kier alpha value is -2.69. The predicted octanol–water partition coefficient (Wildman–Crippen LogP) is 2.48. The molecule has 0 saturated heterocycles. The molecular weight excluding hydrogens is 282 g/mol. The maximum Gasteiger partial charge on any atom is 0.257 e. The number of aryl methyl sites for hydroxylation is 1. The lowest BCUT2D eigenvalue weighted by molar-refractivity contribution is 0.0741. The third-order valence-electron chi connectivity index (χ3n) is 3.63. The molecule has 1 amide bonds. The number of hydrogen-bond acceptors (Lipinski definition) is 4. The van der Waals surface area contributed by atoms with Gasteiger partial charge in [-0.25, -0.2) is 0 Å². The molecule has 2 aromatic rings. The van der Waals surface area contributed by atoms with Gasteiger partial charge in [0.15, 0.2) is 17.7 Å². The molecule has 5 heteroatoms. The summed E-state index contributed by atoms with van der Waals surface area (Å²) in [6.07, 6.45) is 0.972. The van der Waals surface area contributed by atoms with Crippen molar-refractivity contribution in [1.29, 1.82) is 0 Å². The molecule has 1 heterocycles. The summed E-state index contributed by atoms with van der Waals surface area (Å²) >= 11 is 0. The summed E-state index contributed by atoms with van der Waals surface area (Å²) in [5.74, 6) is 1.05. The highest BCUT2D eigenvalue weighted by atomic mass is 16.5. The van der Waals surface area contributed by atoms with Crippen molar-refractivity contribution in [2.24, 2.45) is 0 Å². The summed E-state index contributed by atoms with van der Waals surface area (Å²) in [6.45, 7) is 0. The third kappa shape index (κ3) is 2.83. The third-order valence-corrected chi connectivity index (χ3v) is 3.63. The first-order valence-corrected chi connectivity index (χ1v) is 7.10. The SMILES string of the molecule is COc1cc(CCC2NC(=O)c3ccccc3O2)ccc1O. The average Bonchev–Trinajstić information content (AvgIpc) is 2.54. The Morgan fingerprint density at radius 3 is 2.91 bits per heavy atom. The van der Waals surface area contributed by atoms with E-state index in [1.807, 2.05) is 18.2 Å². The van der Waals surface area contributed by atoms with Crippen LogP contribution in [-0.4, -0.2) is 24.4 Å². The van der Waals surface area contributed by atoms with Crippen LogP contribution in [0.3, 0.4) is 0 Å². The van der Waals surface area contributed by atoms with E-state index in [9.17, 15) is 9.90 Å². The summed E-state index contributed by atoms with van der Waals surface area (Å²) in [7, 11) is 1.51. The number of phenolic OH excluding ortho intramolecular Hbond substituents is 1. The molecule has 0 saturated carbocycles. The van der Waals surface area contributed by atoms with Gasteiger partial charge >= 0.3 is 0 Å². The van der Waals surface area contributed by atoms with Gasteiger partial charge in [-0.2, -0.15) is 0 Å². The van der Waals surface area contributed by atoms with Crippen LogP contribution in [0.4, 0.5) is 0 Å². The molecule has 5 nitrogen and oxygen atoms in total. The van der Waals surface area contributed by atoms with Crippen LogP contribution < -0.4 is 14.8 Å². The Balaban J connectivity index is 1.67. The fourth-order valence-electron chi connectivity index (χ4n) is 2.47. The summed E-state index contributed by atoms with van der Waals surface area (Å²) < 4.78 is 10.9. The number of rotatable bonds is 4. The number of fused-ring (bicyclic) bond motifs is 1. The van der Waals surface area contributed by atoms with Crippen LogP contribution in [0.25, 0.3) is 0 Å². The number of ether oxygens (including phenoxy) is 2. The molecule has 3 rings (SSSR count). The van der Waals surface area contributed by atoms with Crippen molar-refractivity contribution in [3.8, 4) is 17.2 Å². The minimum atomic E-state index is -0.359. The fourth-order valence-corrected chi connectivity index (χ4v) is 2.47. The highest BCUT2D eigenvalue weighted by molar-refractivity contribution is 5.97. The van der Waals surface area contributed by atoms with E-state index in [2.05, 4.69) is 5.32 Å². The van der Waals surface area contributed by atoms with E-state index in [-0.39, 0.29) is 17.9 Å². The number of amides is 1. The van der Waals surface area contributed by atoms with Crippen molar-refractivity contribution in [3.63, 3.8) is 0 Å². The van der Waals surface area contributed by atoms with Crippen molar-refractivity contribution in [2.75, 3.05) is 7.11 Å². The van der Waals surface area contributed by atoms with E-state index < -0.39 is 0 Å². The normalized spacial score (nSPS) is 16.4. The monoisotopic (exact) mass is 299 g/mol. The van der Waals surface area contributed by atoms with E-state index in [1.165, 1.54) is 7.11 Å². The molecule has 0 aromatic heterocycles. The van der Waals surface area contributed by atoms with E-state index in [0.717, 1.165) is 5.56 Å². The van der Waals surface area contributed by atoms with Crippen LogP contribution in [0, 0.1) is 0 Å². The molecule has 0 aliphatic carbocycles. The molecule has 2 N–H and O–H groups in total. The Kier molecular flexibility index (Phi) is 3.87. The number of nitrogens with one attached hydrogen (secondary N) is 1. The van der Waals surface area contributed by atoms with E-state index in [1.54, 1.807) is 24.3 Å². The maximum absolute atomic E-state index is 12.0. The zero-order chi connectivity index (χ0) is 15.5. The molecule has 114 valence electrons. The van der Waals surface area contributed by atoms with Crippen LogP contribution >= 0.6 is 0 Å². The number of para-hydroxylation sites is 1. The summed E-state index contributed by atoms with van der Waals surface area (Å²) in [5, 5.41) is 12.4. The molecule has 2 aromatic carbocycles. The van der Waals surface area contributed by atoms with Gasteiger partial charge in [-0.1, -0.05) is 18.2 Å². The van der Waals surface area contributed by atoms with Crippen molar-refractivity contribution in [2.45, 2.75) is 19.1 Å². The molecule has 0 bridgehead atoms. The second-order valence-corrected chi connectivity index (χ2v) is 5.12. The van der Waals surface area contributed by atoms with Crippen molar-refractivity contribution >= 4 is 5.91 Å². The summed E-state index contributed by atoms with van der Waals surface area (Å²) in [5.41, 5.74) is 1.57. The molecule has 22 heavy (non-hydrogen) atoms. The number of carbonyl (C=O) groups is 1. The van der Waals surface area contributed by atoms with Gasteiger partial charge in [0.25, 0.3) is 5.91 Å². The minimum Gasteiger partial charge on any atom is -0.504 e. The van der Waals surface area contributed by atoms with Gasteiger partial charge in [-0.3, -0.25) is 4.79 Å². The molecule has 1 aliphatic heterocycles. The van der Waals surface area contributed by atoms with Crippen LogP contribution in [0.5, 0.6) is 17.2 Å². The maximum atomic E-state index is 12.0. The van der Waals surface area contributed by atoms with Gasteiger partial charge in [0.2, 0.25) is 0 Å². The van der Waals surface area contributed by atoms with Crippen LogP contribution in [0.2, 0.25) is 0 Å². The smallest absolute Gasteiger partial charge is 0.257 e. The molecule has 0 fully saturated rings. The number of aromatic hydroxyl groups is 1. The van der Waals surface area contributed by atoms with Gasteiger partial charge in [-0.15, -0.1) is 0 Å². The van der Waals surface area contributed by atoms with Crippen LogP contribution in [-0.2, 0) is 6.42 Å². The number of methoxy groups -OCH3 is 1. The molecular formula is C17H17NO4. The Morgan fingerprint density at radius 2 is 2.09 bits per heavy atom. The van der Waals surface area contributed by atoms with Crippen molar-refractivity contribution < 1.29 is 19.4 Å². The number of hydrogen-bond donors (Lipinski definition) is 2. The predicted molar refractivity (Wildman–Crippen MR) is 81.3 cm³/mol. The highest BCUT2D eigenvalue weighted by Crippen LogP contribution is 2.28. The van der Waals surface area contributed by atoms with Gasteiger partial charge in [0.05, 0.1) is 12.7 Å². The molecule has 0 radical (unpaired) electrons. The lowest BCUT2D eigenvalue weighted by Gasteiger charge is -2.26. The molecule has 1 atom stereocenters. The fraction of sp³-hybridized carbons (Fsp3) is 0.235. The van der Waals surface area contributed by atoms with E-state index in [4.69, 9.17) is 9.47 Å². The first-order chi connectivity index (χ1) is 10.7. The Morgan fingerprint density at radius 1 is 1.27 bits per heavy atom. The molecule has 1 unspecified atom stereocenters. The minimum absolute atomic E-state index is 0.113. The average molecular weight is 299 g/mol. The second kappa shape index (κ2) is 5.97. The van der Waals surface area contributed by atoms with Gasteiger partial charge in [0.1, 0.15) is 5.75 Å². The summed E-state index contributed by atoms with van der Waals surface area (Å²) in [4.78, 5) is 12.0. The number of phenols is 1. The van der Waals surface area contributed by atoms with Gasteiger partial charge in [-0.05, 0) is 36.2 Å². The highest BCUT2D eigenvalue weighted by Gasteiger charge is 2.24. The lowest BCUT2D eigenvalue weighted by Crippen LogP contribution is -2.43. The Labute approximate surface area is 128 Å². The molecule has 1 aliphatic rings. The van der Waals surface area contributed by atoms with Crippen molar-refractivity contribution in [3.05, 3.63) is 53.6 Å². The van der Waals surface area contributed by atoms with Crippen LogP contribution in [0.1, 0.15) is 22.3 Å². The molecule has 0 spiro atoms. The standard InChI is InChI=1S/C17H17NO4/c1-21-15-10-11(6-8-13(15)19)7-9-16-18-17(20)12-4-2-3-5-14(12)22-16/h2-6,8,10,16,19H,7,9H2,1H3,(H,18,20). The first-order valence-electron chi connectivity index (χ1n) is 7.10. The second-order valence-electron chi connectivity index (χ2n) is 5.12. The topological polar surface area (TPSA) is 67.8 Å². The first kappa shape index (κ1) is 14.3. The van der Waals surface area contributed by atoms with E-state index >= 15 is 0 Å². The quantitative estimate of drug-likeness (QED) is 0.910. The van der Waals surface area contributed by atoms with Gasteiger partial charge in [0, 0.05) is 6.42 Å². The largest absolute Gasteiger partial charge is 0.504 e. The van der Waals surface area contributed by atoms with E-state index in [0.29, 0.717) is 29.9 Å². The number of carbonyl (C=O) groups excluding carboxylic acids is 1. The lowest BCUT2D eigenvalue weighted by atomic mass is 10.1. The summed E-state index contributed by atoms with van der Waals surface area (Å²) in [6, 6.07) is 12.4. The Bertz CT molecular complexity index is 699. The van der Waals surface area contributed by atoms with Gasteiger partial charge < -0.3 is 19.9 Å². The zero-order valence-electron chi connectivity index (χ0n) is 12.2. The number of benzene rings is 2. The zero-order valence-corrected chi connectivity index (χ0v) is 12.2.